The Kier molecular flexibility index (Phi) is 7.09. The molecule has 5 heteroatoms. The average molecular weight is 523 g/mol. The molecule has 192 valence electrons. The second kappa shape index (κ2) is 8.70. The molecule has 2 heterocycles. The highest BCUT2D eigenvalue weighted by Gasteiger charge is 2.71. The van der Waals surface area contributed by atoms with E-state index in [2.05, 4.69) is 67.7 Å². The van der Waals surface area contributed by atoms with Gasteiger partial charge in [0.15, 0.2) is 16.6 Å². The molecule has 2 saturated carbocycles. The van der Waals surface area contributed by atoms with Crippen LogP contribution in [-0.4, -0.2) is 32.8 Å². The average Bonchev–Trinajstić information content (AvgIpc) is 3.54. The smallest absolute Gasteiger partial charge is 0.173 e. The monoisotopic (exact) mass is 522 g/mol. The van der Waals surface area contributed by atoms with E-state index >= 15 is 0 Å². The second-order valence-corrected chi connectivity index (χ2v) is 36.2. The van der Waals surface area contributed by atoms with Gasteiger partial charge in [-0.3, -0.25) is 0 Å². The highest BCUT2D eigenvalue weighted by atomic mass is 28.4. The van der Waals surface area contributed by atoms with Gasteiger partial charge in [-0.15, -0.1) is 0 Å². The van der Waals surface area contributed by atoms with Gasteiger partial charge in [0.25, 0.3) is 0 Å². The minimum absolute atomic E-state index is 0.594. The molecule has 4 rings (SSSR count). The van der Waals surface area contributed by atoms with Gasteiger partial charge in [-0.1, -0.05) is 105 Å². The van der Waals surface area contributed by atoms with E-state index in [1.165, 1.54) is 37.8 Å². The zero-order valence-electron chi connectivity index (χ0n) is 24.2. The predicted molar refractivity (Wildman–Crippen MR) is 158 cm³/mol. The Morgan fingerprint density at radius 1 is 0.576 bits per heavy atom. The molecular formula is C28H58OSi4. The molecular weight excluding hydrogens is 465 g/mol. The topological polar surface area (TPSA) is 9.23 Å². The molecule has 0 radical (unpaired) electrons. The zero-order chi connectivity index (χ0) is 24.5. The summed E-state index contributed by atoms with van der Waals surface area (Å²) >= 11 is 0. The van der Waals surface area contributed by atoms with Crippen LogP contribution in [0.5, 0.6) is 0 Å². The van der Waals surface area contributed by atoms with Crippen LogP contribution < -0.4 is 0 Å². The first-order valence-electron chi connectivity index (χ1n) is 14.8. The summed E-state index contributed by atoms with van der Waals surface area (Å²) in [6, 6.07) is 6.07. The summed E-state index contributed by atoms with van der Waals surface area (Å²) in [4.78, 5) is 0. The third-order valence-corrected chi connectivity index (χ3v) is 34.9. The molecule has 0 N–H and O–H groups in total. The van der Waals surface area contributed by atoms with E-state index in [4.69, 9.17) is 4.12 Å². The standard InChI is InChI=1S/C28H58OSi4/c1-27(2,3)32(23-15-11-12-16-24(23)32)21-19-30(7,8)29-31(9,10)20-22-33(28(4,5)6)25-17-13-14-18-26(25)33/h23-26H,11-22H2,1-10H3. The lowest BCUT2D eigenvalue weighted by molar-refractivity contribution is 0.540. The van der Waals surface area contributed by atoms with Gasteiger partial charge < -0.3 is 4.12 Å². The van der Waals surface area contributed by atoms with Crippen LogP contribution in [0.1, 0.15) is 92.9 Å². The molecule has 0 aromatic carbocycles. The Morgan fingerprint density at radius 3 is 1.09 bits per heavy atom. The van der Waals surface area contributed by atoms with Crippen LogP contribution in [-0.2, 0) is 4.12 Å². The van der Waals surface area contributed by atoms with Crippen LogP contribution >= 0.6 is 0 Å². The van der Waals surface area contributed by atoms with Crippen molar-refractivity contribution in [1.29, 1.82) is 0 Å². The summed E-state index contributed by atoms with van der Waals surface area (Å²) < 4.78 is 7.33. The first kappa shape index (κ1) is 26.9. The van der Waals surface area contributed by atoms with Crippen LogP contribution in [0, 0.1) is 0 Å². The summed E-state index contributed by atoms with van der Waals surface area (Å²) in [7, 11) is -5.49. The highest BCUT2D eigenvalue weighted by molar-refractivity contribution is 6.97. The first-order chi connectivity index (χ1) is 15.1. The van der Waals surface area contributed by atoms with Gasteiger partial charge in [0.2, 0.25) is 0 Å². The molecule has 0 spiro atoms. The largest absolute Gasteiger partial charge is 0.456 e. The zero-order valence-corrected chi connectivity index (χ0v) is 28.2. The van der Waals surface area contributed by atoms with Gasteiger partial charge in [-0.2, -0.15) is 0 Å². The maximum absolute atomic E-state index is 7.33. The van der Waals surface area contributed by atoms with Gasteiger partial charge in [-0.25, -0.2) is 0 Å². The molecule has 0 bridgehead atoms. The lowest BCUT2D eigenvalue weighted by Gasteiger charge is -2.39. The van der Waals surface area contributed by atoms with Crippen molar-refractivity contribution >= 4 is 32.8 Å². The molecule has 4 unspecified atom stereocenters. The van der Waals surface area contributed by atoms with E-state index in [9.17, 15) is 0 Å². The Balaban J connectivity index is 1.37. The molecule has 2 aliphatic carbocycles. The number of fused-ring (bicyclic) bond motifs is 2. The SMILES string of the molecule is CC(C)(C)[Si]1(CC[Si](C)(C)O[Si](C)(C)CC[Si]2(C(C)(C)C)C3CCCCC32)C2CCCCC21. The summed E-state index contributed by atoms with van der Waals surface area (Å²) in [5.41, 5.74) is 4.66. The minimum Gasteiger partial charge on any atom is -0.456 e. The van der Waals surface area contributed by atoms with Crippen LogP contribution in [0.2, 0.25) is 82.6 Å². The maximum atomic E-state index is 7.33. The molecule has 0 aromatic rings. The van der Waals surface area contributed by atoms with E-state index in [0.717, 1.165) is 22.2 Å². The molecule has 2 saturated heterocycles. The third-order valence-electron chi connectivity index (χ3n) is 11.6. The lowest BCUT2D eigenvalue weighted by Crippen LogP contribution is -2.46. The predicted octanol–water partition coefficient (Wildman–Crippen LogP) is 10.6. The molecule has 2 aliphatic heterocycles. The van der Waals surface area contributed by atoms with E-state index in [1.807, 2.05) is 0 Å². The van der Waals surface area contributed by atoms with Crippen molar-refractivity contribution < 1.29 is 4.12 Å². The Morgan fingerprint density at radius 2 is 0.848 bits per heavy atom. The summed E-state index contributed by atoms with van der Waals surface area (Å²) in [5.74, 6) is 0. The Labute approximate surface area is 211 Å². The summed E-state index contributed by atoms with van der Waals surface area (Å²) in [6.45, 7) is 26.0. The van der Waals surface area contributed by atoms with Gasteiger partial charge in [0.1, 0.15) is 0 Å². The quantitative estimate of drug-likeness (QED) is 0.288. The molecule has 4 fully saturated rings. The van der Waals surface area contributed by atoms with Crippen molar-refractivity contribution in [2.75, 3.05) is 0 Å². The van der Waals surface area contributed by atoms with Gasteiger partial charge >= 0.3 is 0 Å². The van der Waals surface area contributed by atoms with Crippen molar-refractivity contribution in [3.05, 3.63) is 0 Å². The number of hydrogen-bond donors (Lipinski definition) is 0. The molecule has 1 nitrogen and oxygen atoms in total. The number of rotatable bonds is 8. The minimum atomic E-state index is -1.60. The summed E-state index contributed by atoms with van der Waals surface area (Å²) in [5, 5.41) is 1.19. The molecule has 0 aromatic heterocycles. The maximum Gasteiger partial charge on any atom is 0.173 e. The lowest BCUT2D eigenvalue weighted by atomic mass is 10.0. The fourth-order valence-corrected chi connectivity index (χ4v) is 39.6. The van der Waals surface area contributed by atoms with E-state index in [-0.39, 0.29) is 0 Å². The van der Waals surface area contributed by atoms with E-state index in [1.54, 1.807) is 37.8 Å². The first-order valence-corrected chi connectivity index (χ1v) is 25.7. The van der Waals surface area contributed by atoms with Crippen LogP contribution in [0.3, 0.4) is 0 Å². The van der Waals surface area contributed by atoms with E-state index in [0.29, 0.717) is 10.1 Å². The van der Waals surface area contributed by atoms with Crippen molar-refractivity contribution in [1.82, 2.24) is 0 Å². The Bertz CT molecular complexity index is 632. The highest BCUT2D eigenvalue weighted by Crippen LogP contribution is 2.77. The van der Waals surface area contributed by atoms with Crippen LogP contribution in [0.25, 0.3) is 0 Å². The fraction of sp³-hybridized carbons (Fsp3) is 1.00. The van der Waals surface area contributed by atoms with Crippen molar-refractivity contribution in [2.24, 2.45) is 0 Å². The normalized spacial score (nSPS) is 39.1. The van der Waals surface area contributed by atoms with Crippen molar-refractivity contribution in [3.8, 4) is 0 Å². The van der Waals surface area contributed by atoms with Crippen LogP contribution in [0.15, 0.2) is 0 Å². The summed E-state index contributed by atoms with van der Waals surface area (Å²) in [6.07, 6.45) is 12.3. The molecule has 33 heavy (non-hydrogen) atoms. The van der Waals surface area contributed by atoms with Crippen molar-refractivity contribution in [3.63, 3.8) is 0 Å². The van der Waals surface area contributed by atoms with Gasteiger partial charge in [0.05, 0.1) is 16.1 Å². The fourth-order valence-electron chi connectivity index (χ4n) is 10.1. The molecule has 4 aliphatic rings. The Hall–Kier alpha value is 0.828. The van der Waals surface area contributed by atoms with Crippen LogP contribution in [0.4, 0.5) is 0 Å². The molecule has 4 atom stereocenters. The van der Waals surface area contributed by atoms with Crippen molar-refractivity contribution in [2.45, 2.75) is 176 Å². The number of hydrogen-bond acceptors (Lipinski definition) is 1. The van der Waals surface area contributed by atoms with E-state index < -0.39 is 32.8 Å². The molecule has 0 amide bonds. The third kappa shape index (κ3) is 4.78. The van der Waals surface area contributed by atoms with Gasteiger partial charge in [0, 0.05) is 0 Å². The second-order valence-electron chi connectivity index (χ2n) is 16.2. The van der Waals surface area contributed by atoms with Gasteiger partial charge in [-0.05, 0) is 70.5 Å².